The van der Waals surface area contributed by atoms with Gasteiger partial charge in [0, 0.05) is 23.8 Å². The Balaban J connectivity index is 1.28. The number of hydrogen-bond acceptors (Lipinski definition) is 9. The van der Waals surface area contributed by atoms with Gasteiger partial charge in [-0.15, -0.1) is 0 Å². The Morgan fingerprint density at radius 1 is 1.09 bits per heavy atom. The summed E-state index contributed by atoms with van der Waals surface area (Å²) in [6, 6.07) is 2.89. The second-order valence-corrected chi connectivity index (χ2v) is 14.3. The van der Waals surface area contributed by atoms with Gasteiger partial charge < -0.3 is 34.0 Å². The van der Waals surface area contributed by atoms with Crippen molar-refractivity contribution < 1.29 is 42.1 Å². The summed E-state index contributed by atoms with van der Waals surface area (Å²) < 4.78 is 55.3. The number of aromatic nitrogens is 2. The van der Waals surface area contributed by atoms with Crippen LogP contribution in [0.3, 0.4) is 0 Å². The highest BCUT2D eigenvalue weighted by Gasteiger charge is 2.56. The Morgan fingerprint density at radius 2 is 1.89 bits per heavy atom. The van der Waals surface area contributed by atoms with Crippen LogP contribution in [0.1, 0.15) is 64.5 Å². The van der Waals surface area contributed by atoms with Gasteiger partial charge in [-0.2, -0.15) is 8.78 Å². The van der Waals surface area contributed by atoms with E-state index in [1.165, 1.54) is 12.0 Å². The molecule has 1 aromatic carbocycles. The Kier molecular flexibility index (Phi) is 8.25. The fourth-order valence-corrected chi connectivity index (χ4v) is 8.33. The molecule has 0 spiro atoms. The molecule has 1 N–H and O–H groups in total. The molecule has 4 heterocycles. The third-order valence-electron chi connectivity index (χ3n) is 11.1. The molecular formula is C34H42F2N4O7. The number of alkyl halides is 2. The van der Waals surface area contributed by atoms with Crippen LogP contribution in [0.15, 0.2) is 18.2 Å². The van der Waals surface area contributed by atoms with Crippen LogP contribution in [0.4, 0.5) is 13.6 Å². The maximum absolute atomic E-state index is 16.1. The van der Waals surface area contributed by atoms with Crippen molar-refractivity contribution in [2.75, 3.05) is 26.9 Å². The lowest BCUT2D eigenvalue weighted by atomic mass is 9.79. The van der Waals surface area contributed by atoms with E-state index >= 15 is 8.78 Å². The van der Waals surface area contributed by atoms with Crippen molar-refractivity contribution >= 4 is 29.3 Å². The number of nitrogens with one attached hydrogen (secondary N) is 1. The van der Waals surface area contributed by atoms with Crippen LogP contribution in [0.25, 0.3) is 11.0 Å². The molecule has 7 rings (SSSR count). The van der Waals surface area contributed by atoms with Crippen LogP contribution in [0.2, 0.25) is 0 Å². The lowest BCUT2D eigenvalue weighted by Gasteiger charge is -2.45. The number of rotatable bonds is 4. The number of halogens is 2. The summed E-state index contributed by atoms with van der Waals surface area (Å²) >= 11 is 0. The van der Waals surface area contributed by atoms with Crippen molar-refractivity contribution in [3.05, 3.63) is 23.9 Å². The number of fused-ring (bicyclic) bond motifs is 7. The summed E-state index contributed by atoms with van der Waals surface area (Å²) in [5.74, 6) is -3.24. The monoisotopic (exact) mass is 656 g/mol. The highest BCUT2D eigenvalue weighted by molar-refractivity contribution is 5.89. The van der Waals surface area contributed by atoms with Crippen LogP contribution in [-0.4, -0.2) is 84.3 Å². The molecule has 13 heteroatoms. The molecule has 254 valence electrons. The van der Waals surface area contributed by atoms with E-state index in [0.29, 0.717) is 48.7 Å². The number of nitrogens with zero attached hydrogens (tertiary/aromatic N) is 3. The zero-order chi connectivity index (χ0) is 33.1. The van der Waals surface area contributed by atoms with E-state index in [9.17, 15) is 14.4 Å². The van der Waals surface area contributed by atoms with E-state index in [1.54, 1.807) is 18.2 Å². The number of hydrogen-bond donors (Lipinski definition) is 1. The van der Waals surface area contributed by atoms with Crippen molar-refractivity contribution in [2.45, 2.75) is 89.0 Å². The van der Waals surface area contributed by atoms with Crippen molar-refractivity contribution in [3.8, 4) is 11.6 Å². The molecule has 11 nitrogen and oxygen atoms in total. The number of benzene rings is 1. The first-order valence-electron chi connectivity index (χ1n) is 16.8. The number of aldehydes is 1. The van der Waals surface area contributed by atoms with Gasteiger partial charge in [-0.1, -0.05) is 20.3 Å². The molecule has 2 saturated carbocycles. The first-order valence-corrected chi connectivity index (χ1v) is 16.8. The molecule has 2 aliphatic carbocycles. The van der Waals surface area contributed by atoms with Crippen molar-refractivity contribution in [2.24, 2.45) is 29.1 Å². The Bertz CT molecular complexity index is 1550. The minimum absolute atomic E-state index is 0.0676. The SMILES string of the molecule is CC[C@@H]1[C@@H]2CN(C(=O)[C@H](C3(C)COC3)NC(=O)O[C@@H]3CC4CC4[C@H]3CCCCC(F)(F)c3nc4ccc(OC)cc4nc3O2)[C@@H]1C=O. The predicted octanol–water partition coefficient (Wildman–Crippen LogP) is 4.64. The van der Waals surface area contributed by atoms with Crippen molar-refractivity contribution in [3.63, 3.8) is 0 Å². The summed E-state index contributed by atoms with van der Waals surface area (Å²) in [7, 11) is 1.50. The fraction of sp³-hybridized carbons (Fsp3) is 0.676. The van der Waals surface area contributed by atoms with Gasteiger partial charge in [-0.3, -0.25) is 4.79 Å². The standard InChI is InChI=1S/C34H42F2N4O7/c1-4-20-25(15-41)40-14-27(20)46-30-28(37-23-9-8-19(44-3)13-24(23)38-30)34(35,36)10-6-5-7-21-22-11-18(22)12-26(21)47-32(43)39-29(31(40)42)33(2)16-45-17-33/h8-9,13,15,18,20-22,25-27,29H,4-7,10-12,14,16-17H2,1-3H3,(H,39,43)/t18?,20-,21+,22?,25+,26+,27-,29+/m0/s1. The summed E-state index contributed by atoms with van der Waals surface area (Å²) in [6.45, 7) is 4.12. The van der Waals surface area contributed by atoms with Crippen LogP contribution in [0, 0.1) is 29.1 Å². The zero-order valence-electron chi connectivity index (χ0n) is 27.0. The third kappa shape index (κ3) is 5.78. The average Bonchev–Trinajstić information content (AvgIpc) is 3.59. The van der Waals surface area contributed by atoms with E-state index in [-0.39, 0.29) is 49.6 Å². The number of carbonyl (C=O) groups is 3. The number of amides is 2. The normalized spacial score (nSPS) is 34.7. The van der Waals surface area contributed by atoms with Gasteiger partial charge in [-0.05, 0) is 62.0 Å². The number of ether oxygens (including phenoxy) is 4. The van der Waals surface area contributed by atoms with E-state index < -0.39 is 59.6 Å². The number of methoxy groups -OCH3 is 1. The molecule has 2 amide bonds. The third-order valence-corrected chi connectivity index (χ3v) is 11.1. The Morgan fingerprint density at radius 3 is 2.60 bits per heavy atom. The van der Waals surface area contributed by atoms with E-state index in [0.717, 1.165) is 12.8 Å². The lowest BCUT2D eigenvalue weighted by Crippen LogP contribution is -2.64. The molecule has 3 aliphatic heterocycles. The Hall–Kier alpha value is -3.61. The van der Waals surface area contributed by atoms with Gasteiger partial charge in [-0.25, -0.2) is 14.8 Å². The van der Waals surface area contributed by atoms with Gasteiger partial charge in [0.25, 0.3) is 5.92 Å². The van der Waals surface area contributed by atoms with Gasteiger partial charge in [0.2, 0.25) is 11.8 Å². The molecule has 2 saturated heterocycles. The number of carbonyl (C=O) groups excluding carboxylic acids is 3. The van der Waals surface area contributed by atoms with Crippen molar-refractivity contribution in [1.82, 2.24) is 20.2 Å². The first kappa shape index (κ1) is 32.0. The van der Waals surface area contributed by atoms with Gasteiger partial charge in [0.15, 0.2) is 5.69 Å². The van der Waals surface area contributed by atoms with Crippen LogP contribution in [0.5, 0.6) is 11.6 Å². The molecule has 2 aromatic rings. The Labute approximate surface area is 272 Å². The second-order valence-electron chi connectivity index (χ2n) is 14.3. The summed E-state index contributed by atoms with van der Waals surface area (Å²) in [4.78, 5) is 50.6. The molecule has 5 aliphatic rings. The van der Waals surface area contributed by atoms with Crippen molar-refractivity contribution in [1.29, 1.82) is 0 Å². The second kappa shape index (κ2) is 12.1. The highest BCUT2D eigenvalue weighted by Crippen LogP contribution is 2.58. The minimum Gasteiger partial charge on any atom is -0.497 e. The van der Waals surface area contributed by atoms with Gasteiger partial charge in [0.05, 0.1) is 43.9 Å². The molecule has 2 bridgehead atoms. The van der Waals surface area contributed by atoms with Crippen LogP contribution < -0.4 is 14.8 Å². The summed E-state index contributed by atoms with van der Waals surface area (Å²) in [5, 5.41) is 2.85. The molecular weight excluding hydrogens is 614 g/mol. The summed E-state index contributed by atoms with van der Waals surface area (Å²) in [5.41, 5.74) is -0.692. The summed E-state index contributed by atoms with van der Waals surface area (Å²) in [6.07, 6.45) is 2.00. The van der Waals surface area contributed by atoms with E-state index in [4.69, 9.17) is 18.9 Å². The van der Waals surface area contributed by atoms with Gasteiger partial charge >= 0.3 is 6.09 Å². The minimum atomic E-state index is -3.36. The maximum atomic E-state index is 16.1. The largest absolute Gasteiger partial charge is 0.497 e. The quantitative estimate of drug-likeness (QED) is 0.468. The molecule has 8 atom stereocenters. The van der Waals surface area contributed by atoms with Crippen LogP contribution in [-0.2, 0) is 25.0 Å². The van der Waals surface area contributed by atoms with E-state index in [2.05, 4.69) is 15.3 Å². The average molecular weight is 657 g/mol. The molecule has 47 heavy (non-hydrogen) atoms. The topological polar surface area (TPSA) is 129 Å². The predicted molar refractivity (Wildman–Crippen MR) is 164 cm³/mol. The van der Waals surface area contributed by atoms with Crippen LogP contribution >= 0.6 is 0 Å². The smallest absolute Gasteiger partial charge is 0.408 e. The fourth-order valence-electron chi connectivity index (χ4n) is 8.33. The van der Waals surface area contributed by atoms with E-state index in [1.807, 2.05) is 13.8 Å². The highest BCUT2D eigenvalue weighted by atomic mass is 19.3. The van der Waals surface area contributed by atoms with Gasteiger partial charge in [0.1, 0.15) is 30.3 Å². The maximum Gasteiger partial charge on any atom is 0.408 e. The zero-order valence-corrected chi connectivity index (χ0v) is 27.0. The number of alkyl carbamates (subject to hydrolysis) is 1. The molecule has 1 aromatic heterocycles. The molecule has 2 unspecified atom stereocenters. The molecule has 0 radical (unpaired) electrons. The lowest BCUT2D eigenvalue weighted by molar-refractivity contribution is -0.157. The first-order chi connectivity index (χ1) is 22.5. The molecule has 4 fully saturated rings.